The maximum Gasteiger partial charge on any atom is 0.234 e. The van der Waals surface area contributed by atoms with E-state index in [9.17, 15) is 4.79 Å². The zero-order valence-electron chi connectivity index (χ0n) is 12.6. The second-order valence-electron chi connectivity index (χ2n) is 5.20. The van der Waals surface area contributed by atoms with Crippen LogP contribution in [0.4, 0.5) is 11.4 Å². The van der Waals surface area contributed by atoms with E-state index in [1.807, 2.05) is 51.1 Å². The van der Waals surface area contributed by atoms with Crippen LogP contribution in [0.2, 0.25) is 0 Å². The lowest BCUT2D eigenvalue weighted by Crippen LogP contribution is -2.15. The number of benzene rings is 2. The van der Waals surface area contributed by atoms with Gasteiger partial charge in [0.05, 0.1) is 5.75 Å². The lowest BCUT2D eigenvalue weighted by molar-refractivity contribution is -0.113. The number of amides is 1. The fourth-order valence-electron chi connectivity index (χ4n) is 2.05. The number of hydrogen-bond donors (Lipinski definition) is 2. The molecule has 21 heavy (non-hydrogen) atoms. The van der Waals surface area contributed by atoms with Gasteiger partial charge in [-0.05, 0) is 50.1 Å². The molecule has 0 aromatic heterocycles. The number of rotatable bonds is 4. The van der Waals surface area contributed by atoms with Crippen LogP contribution in [0.5, 0.6) is 0 Å². The lowest BCUT2D eigenvalue weighted by Gasteiger charge is -2.10. The van der Waals surface area contributed by atoms with Gasteiger partial charge in [0, 0.05) is 16.3 Å². The van der Waals surface area contributed by atoms with Gasteiger partial charge in [0.25, 0.3) is 0 Å². The van der Waals surface area contributed by atoms with Gasteiger partial charge in [-0.1, -0.05) is 23.8 Å². The lowest BCUT2D eigenvalue weighted by atomic mass is 10.1. The summed E-state index contributed by atoms with van der Waals surface area (Å²) in [4.78, 5) is 13.0. The van der Waals surface area contributed by atoms with Crippen LogP contribution in [0.15, 0.2) is 41.3 Å². The summed E-state index contributed by atoms with van der Waals surface area (Å²) in [5.41, 5.74) is 10.9. The van der Waals surface area contributed by atoms with E-state index >= 15 is 0 Å². The maximum absolute atomic E-state index is 12.0. The average molecular weight is 300 g/mol. The first kappa shape index (κ1) is 15.4. The van der Waals surface area contributed by atoms with Crippen molar-refractivity contribution in [3.05, 3.63) is 53.1 Å². The van der Waals surface area contributed by atoms with Crippen molar-refractivity contribution in [1.82, 2.24) is 0 Å². The monoisotopic (exact) mass is 300 g/mol. The Hall–Kier alpha value is -1.94. The molecule has 0 aliphatic heterocycles. The second kappa shape index (κ2) is 6.68. The molecule has 0 radical (unpaired) electrons. The van der Waals surface area contributed by atoms with Gasteiger partial charge in [0.1, 0.15) is 0 Å². The van der Waals surface area contributed by atoms with Crippen molar-refractivity contribution in [1.29, 1.82) is 0 Å². The Morgan fingerprint density at radius 3 is 2.48 bits per heavy atom. The fourth-order valence-corrected chi connectivity index (χ4v) is 2.91. The molecule has 0 unspecified atom stereocenters. The van der Waals surface area contributed by atoms with Crippen molar-refractivity contribution in [2.45, 2.75) is 25.7 Å². The summed E-state index contributed by atoms with van der Waals surface area (Å²) >= 11 is 1.46. The molecule has 0 atom stereocenters. The predicted octanol–water partition coefficient (Wildman–Crippen LogP) is 3.92. The Kier molecular flexibility index (Phi) is 4.91. The summed E-state index contributed by atoms with van der Waals surface area (Å²) in [6.45, 7) is 6.04. The third-order valence-electron chi connectivity index (χ3n) is 3.18. The summed E-state index contributed by atoms with van der Waals surface area (Å²) in [6.07, 6.45) is 0. The molecule has 2 rings (SSSR count). The second-order valence-corrected chi connectivity index (χ2v) is 6.21. The molecule has 0 saturated carbocycles. The highest BCUT2D eigenvalue weighted by atomic mass is 32.2. The Labute approximate surface area is 129 Å². The van der Waals surface area contributed by atoms with E-state index < -0.39 is 0 Å². The van der Waals surface area contributed by atoms with Crippen LogP contribution >= 0.6 is 11.8 Å². The summed E-state index contributed by atoms with van der Waals surface area (Å²) in [7, 11) is 0. The molecule has 4 heteroatoms. The minimum atomic E-state index is -0.0205. The average Bonchev–Trinajstić information content (AvgIpc) is 2.43. The standard InChI is InChI=1S/C17H20N2OS/c1-11-5-7-15(13(3)8-11)19-17(20)10-21-16-9-12(2)4-6-14(16)18/h4-9H,10,18H2,1-3H3,(H,19,20). The Morgan fingerprint density at radius 1 is 1.10 bits per heavy atom. The van der Waals surface area contributed by atoms with Crippen molar-refractivity contribution in [3.63, 3.8) is 0 Å². The first-order valence-corrected chi connectivity index (χ1v) is 7.80. The molecule has 2 aromatic rings. The van der Waals surface area contributed by atoms with E-state index in [0.29, 0.717) is 11.4 Å². The fraction of sp³-hybridized carbons (Fsp3) is 0.235. The summed E-state index contributed by atoms with van der Waals surface area (Å²) in [5, 5.41) is 2.94. The highest BCUT2D eigenvalue weighted by molar-refractivity contribution is 8.00. The topological polar surface area (TPSA) is 55.1 Å². The van der Waals surface area contributed by atoms with Crippen LogP contribution in [-0.2, 0) is 4.79 Å². The van der Waals surface area contributed by atoms with Gasteiger partial charge >= 0.3 is 0 Å². The summed E-state index contributed by atoms with van der Waals surface area (Å²) < 4.78 is 0. The largest absolute Gasteiger partial charge is 0.398 e. The predicted molar refractivity (Wildman–Crippen MR) is 90.9 cm³/mol. The quantitative estimate of drug-likeness (QED) is 0.664. The number of nitrogens with one attached hydrogen (secondary N) is 1. The van der Waals surface area contributed by atoms with E-state index in [2.05, 4.69) is 11.4 Å². The Bertz CT molecular complexity index is 668. The molecular weight excluding hydrogens is 280 g/mol. The SMILES string of the molecule is Cc1ccc(NC(=O)CSc2cc(C)ccc2N)c(C)c1. The number of hydrogen-bond acceptors (Lipinski definition) is 3. The normalized spacial score (nSPS) is 10.4. The van der Waals surface area contributed by atoms with Crippen molar-refractivity contribution in [2.24, 2.45) is 0 Å². The third kappa shape index (κ3) is 4.26. The zero-order valence-corrected chi connectivity index (χ0v) is 13.4. The van der Waals surface area contributed by atoms with Crippen LogP contribution in [0.1, 0.15) is 16.7 Å². The van der Waals surface area contributed by atoms with Gasteiger partial charge in [-0.2, -0.15) is 0 Å². The van der Waals surface area contributed by atoms with Crippen LogP contribution in [0.25, 0.3) is 0 Å². The summed E-state index contributed by atoms with van der Waals surface area (Å²) in [5.74, 6) is 0.328. The number of carbonyl (C=O) groups is 1. The molecule has 0 bridgehead atoms. The Balaban J connectivity index is 1.97. The van der Waals surface area contributed by atoms with Crippen LogP contribution in [0.3, 0.4) is 0 Å². The molecule has 2 aromatic carbocycles. The number of anilines is 2. The van der Waals surface area contributed by atoms with Gasteiger partial charge in [-0.25, -0.2) is 0 Å². The number of nitrogen functional groups attached to an aromatic ring is 1. The highest BCUT2D eigenvalue weighted by Crippen LogP contribution is 2.26. The number of carbonyl (C=O) groups excluding carboxylic acids is 1. The zero-order chi connectivity index (χ0) is 15.4. The van der Waals surface area contributed by atoms with Crippen molar-refractivity contribution < 1.29 is 4.79 Å². The van der Waals surface area contributed by atoms with Crippen LogP contribution in [0, 0.1) is 20.8 Å². The maximum atomic E-state index is 12.0. The molecule has 0 aliphatic rings. The minimum Gasteiger partial charge on any atom is -0.398 e. The molecule has 3 nitrogen and oxygen atoms in total. The number of thioether (sulfide) groups is 1. The van der Waals surface area contributed by atoms with Crippen molar-refractivity contribution in [3.8, 4) is 0 Å². The van der Waals surface area contributed by atoms with E-state index in [0.717, 1.165) is 21.7 Å². The Morgan fingerprint density at radius 2 is 1.76 bits per heavy atom. The molecule has 110 valence electrons. The van der Waals surface area contributed by atoms with Gasteiger partial charge in [0.2, 0.25) is 5.91 Å². The molecule has 0 saturated heterocycles. The molecule has 0 fully saturated rings. The first-order chi connectivity index (χ1) is 9.95. The molecule has 1 amide bonds. The van der Waals surface area contributed by atoms with Crippen LogP contribution < -0.4 is 11.1 Å². The molecule has 0 heterocycles. The van der Waals surface area contributed by atoms with Gasteiger partial charge in [-0.3, -0.25) is 4.79 Å². The van der Waals surface area contributed by atoms with Gasteiger partial charge in [-0.15, -0.1) is 11.8 Å². The van der Waals surface area contributed by atoms with Crippen LogP contribution in [-0.4, -0.2) is 11.7 Å². The number of nitrogens with two attached hydrogens (primary N) is 1. The van der Waals surface area contributed by atoms with Crippen molar-refractivity contribution >= 4 is 29.0 Å². The van der Waals surface area contributed by atoms with Crippen molar-refractivity contribution in [2.75, 3.05) is 16.8 Å². The highest BCUT2D eigenvalue weighted by Gasteiger charge is 2.07. The van der Waals surface area contributed by atoms with E-state index in [1.165, 1.54) is 17.3 Å². The molecule has 3 N–H and O–H groups in total. The smallest absolute Gasteiger partial charge is 0.234 e. The molecule has 0 spiro atoms. The first-order valence-electron chi connectivity index (χ1n) is 6.82. The van der Waals surface area contributed by atoms with Gasteiger partial charge in [0.15, 0.2) is 0 Å². The summed E-state index contributed by atoms with van der Waals surface area (Å²) in [6, 6.07) is 11.8. The van der Waals surface area contributed by atoms with E-state index in [4.69, 9.17) is 5.73 Å². The van der Waals surface area contributed by atoms with E-state index in [-0.39, 0.29) is 5.91 Å². The molecular formula is C17H20N2OS. The van der Waals surface area contributed by atoms with E-state index in [1.54, 1.807) is 0 Å². The number of aryl methyl sites for hydroxylation is 3. The molecule has 0 aliphatic carbocycles. The minimum absolute atomic E-state index is 0.0205. The third-order valence-corrected chi connectivity index (χ3v) is 4.25. The van der Waals surface area contributed by atoms with Gasteiger partial charge < -0.3 is 11.1 Å².